The normalized spacial score (nSPS) is 13.5. The van der Waals surface area contributed by atoms with Crippen LogP contribution >= 0.6 is 0 Å². The summed E-state index contributed by atoms with van der Waals surface area (Å²) in [4.78, 5) is 0. The highest BCUT2D eigenvalue weighted by molar-refractivity contribution is 6.79. The molecule has 0 atom stereocenters. The summed E-state index contributed by atoms with van der Waals surface area (Å²) < 4.78 is 15.0. The van der Waals surface area contributed by atoms with Crippen molar-refractivity contribution >= 4 is 16.8 Å². The standard InChI is InChI=1S/C19H37NO2Si2/c1-9-21-24(8,22-10-2)17-20(23(6,7)19(3,4)5)16-18-14-12-11-13-15-18/h11-15H,9-10,16-17H2,1-8H3. The summed E-state index contributed by atoms with van der Waals surface area (Å²) in [6.45, 7) is 20.8. The highest BCUT2D eigenvalue weighted by Crippen LogP contribution is 2.39. The molecule has 3 nitrogen and oxygen atoms in total. The maximum Gasteiger partial charge on any atom is 0.348 e. The van der Waals surface area contributed by atoms with E-state index >= 15 is 0 Å². The van der Waals surface area contributed by atoms with Crippen molar-refractivity contribution in [3.63, 3.8) is 0 Å². The lowest BCUT2D eigenvalue weighted by atomic mass is 10.2. The van der Waals surface area contributed by atoms with Crippen LogP contribution in [0.25, 0.3) is 0 Å². The van der Waals surface area contributed by atoms with Crippen molar-refractivity contribution in [1.82, 2.24) is 4.57 Å². The lowest BCUT2D eigenvalue weighted by Gasteiger charge is -2.48. The molecular weight excluding hydrogens is 330 g/mol. The van der Waals surface area contributed by atoms with E-state index in [9.17, 15) is 0 Å². The van der Waals surface area contributed by atoms with E-state index < -0.39 is 16.8 Å². The molecule has 0 amide bonds. The molecular formula is C19H37NO2Si2. The van der Waals surface area contributed by atoms with Crippen LogP contribution in [-0.4, -0.2) is 40.7 Å². The molecule has 1 aromatic carbocycles. The molecule has 0 radical (unpaired) electrons. The van der Waals surface area contributed by atoms with Gasteiger partial charge in [-0.05, 0) is 31.0 Å². The Morgan fingerprint density at radius 2 is 1.42 bits per heavy atom. The Labute approximate surface area is 151 Å². The number of nitrogens with zero attached hydrogens (tertiary/aromatic N) is 1. The maximum absolute atomic E-state index is 6.14. The average molecular weight is 368 g/mol. The van der Waals surface area contributed by atoms with Crippen molar-refractivity contribution in [2.75, 3.05) is 19.4 Å². The van der Waals surface area contributed by atoms with E-state index in [4.69, 9.17) is 8.85 Å². The number of benzene rings is 1. The molecule has 0 bridgehead atoms. The van der Waals surface area contributed by atoms with Gasteiger partial charge in [0, 0.05) is 25.9 Å². The van der Waals surface area contributed by atoms with E-state index in [1.54, 1.807) is 0 Å². The first-order valence-electron chi connectivity index (χ1n) is 9.12. The highest BCUT2D eigenvalue weighted by atomic mass is 28.4. The zero-order valence-electron chi connectivity index (χ0n) is 17.0. The van der Waals surface area contributed by atoms with Crippen molar-refractivity contribution in [3.05, 3.63) is 35.9 Å². The topological polar surface area (TPSA) is 21.7 Å². The monoisotopic (exact) mass is 367 g/mol. The second kappa shape index (κ2) is 8.76. The molecule has 0 fully saturated rings. The second-order valence-corrected chi connectivity index (χ2v) is 16.6. The van der Waals surface area contributed by atoms with Gasteiger partial charge in [-0.3, -0.25) is 0 Å². The molecule has 0 spiro atoms. The summed E-state index contributed by atoms with van der Waals surface area (Å²) >= 11 is 0. The molecule has 5 heteroatoms. The summed E-state index contributed by atoms with van der Waals surface area (Å²) in [5.41, 5.74) is 1.37. The smallest absolute Gasteiger partial charge is 0.348 e. The lowest BCUT2D eigenvalue weighted by molar-refractivity contribution is 0.176. The van der Waals surface area contributed by atoms with Gasteiger partial charge in [-0.25, -0.2) is 0 Å². The quantitative estimate of drug-likeness (QED) is 0.561. The van der Waals surface area contributed by atoms with Gasteiger partial charge in [0.1, 0.15) is 8.24 Å². The lowest BCUT2D eigenvalue weighted by Crippen LogP contribution is -2.61. The maximum atomic E-state index is 6.14. The molecule has 0 saturated heterocycles. The van der Waals surface area contributed by atoms with Gasteiger partial charge in [-0.15, -0.1) is 0 Å². The van der Waals surface area contributed by atoms with E-state index in [0.29, 0.717) is 0 Å². The van der Waals surface area contributed by atoms with E-state index in [0.717, 1.165) is 25.9 Å². The van der Waals surface area contributed by atoms with Crippen molar-refractivity contribution in [2.45, 2.75) is 65.8 Å². The van der Waals surface area contributed by atoms with Crippen LogP contribution in [0.15, 0.2) is 30.3 Å². The third-order valence-electron chi connectivity index (χ3n) is 5.22. The van der Waals surface area contributed by atoms with Crippen LogP contribution in [0.1, 0.15) is 40.2 Å². The summed E-state index contributed by atoms with van der Waals surface area (Å²) in [6, 6.07) is 10.8. The van der Waals surface area contributed by atoms with Crippen molar-refractivity contribution in [1.29, 1.82) is 0 Å². The van der Waals surface area contributed by atoms with Crippen LogP contribution < -0.4 is 0 Å². The fourth-order valence-electron chi connectivity index (χ4n) is 2.82. The molecule has 138 valence electrons. The van der Waals surface area contributed by atoms with Gasteiger partial charge in [0.2, 0.25) is 0 Å². The highest BCUT2D eigenvalue weighted by Gasteiger charge is 2.45. The predicted octanol–water partition coefficient (Wildman–Crippen LogP) is 5.18. The Bertz CT molecular complexity index is 480. The zero-order valence-corrected chi connectivity index (χ0v) is 19.0. The molecule has 0 aliphatic rings. The van der Waals surface area contributed by atoms with Gasteiger partial charge in [0.25, 0.3) is 0 Å². The van der Waals surface area contributed by atoms with E-state index in [-0.39, 0.29) is 5.04 Å². The van der Waals surface area contributed by atoms with Crippen LogP contribution in [0.2, 0.25) is 24.7 Å². The molecule has 0 aliphatic heterocycles. The first-order valence-corrected chi connectivity index (χ1v) is 14.6. The minimum absolute atomic E-state index is 0.287. The van der Waals surface area contributed by atoms with Crippen LogP contribution in [-0.2, 0) is 15.4 Å². The van der Waals surface area contributed by atoms with E-state index in [1.807, 2.05) is 0 Å². The molecule has 1 aromatic rings. The molecule has 1 rings (SSSR count). The van der Waals surface area contributed by atoms with Gasteiger partial charge in [-0.1, -0.05) is 64.2 Å². The molecule has 24 heavy (non-hydrogen) atoms. The summed E-state index contributed by atoms with van der Waals surface area (Å²) in [7, 11) is -3.87. The minimum Gasteiger partial charge on any atom is -0.394 e. The summed E-state index contributed by atoms with van der Waals surface area (Å²) in [5, 5.41) is 0.287. The van der Waals surface area contributed by atoms with Crippen LogP contribution in [0.4, 0.5) is 0 Å². The zero-order chi connectivity index (χ0) is 18.4. The Balaban J connectivity index is 3.13. The first-order chi connectivity index (χ1) is 11.1. The summed E-state index contributed by atoms with van der Waals surface area (Å²) in [6.07, 6.45) is 0.931. The third kappa shape index (κ3) is 5.81. The molecule has 0 N–H and O–H groups in total. The fourth-order valence-corrected chi connectivity index (χ4v) is 9.08. The van der Waals surface area contributed by atoms with Gasteiger partial charge in [0.15, 0.2) is 0 Å². The van der Waals surface area contributed by atoms with E-state index in [1.165, 1.54) is 5.56 Å². The number of rotatable bonds is 9. The number of hydrogen-bond acceptors (Lipinski definition) is 3. The third-order valence-corrected chi connectivity index (χ3v) is 13.9. The Hall–Kier alpha value is -0.466. The molecule has 0 aliphatic carbocycles. The minimum atomic E-state index is -2.19. The van der Waals surface area contributed by atoms with Crippen molar-refractivity contribution < 1.29 is 8.85 Å². The van der Waals surface area contributed by atoms with E-state index in [2.05, 4.69) is 89.2 Å². The van der Waals surface area contributed by atoms with Gasteiger partial charge in [0.05, 0.1) is 0 Å². The Morgan fingerprint density at radius 3 is 1.83 bits per heavy atom. The SMILES string of the molecule is CCO[Si](C)(CN(Cc1ccccc1)[Si](C)(C)C(C)(C)C)OCC. The summed E-state index contributed by atoms with van der Waals surface area (Å²) in [5.74, 6) is 0. The number of hydrogen-bond donors (Lipinski definition) is 0. The van der Waals surface area contributed by atoms with Gasteiger partial charge < -0.3 is 13.4 Å². The van der Waals surface area contributed by atoms with Gasteiger partial charge in [-0.2, -0.15) is 0 Å². The second-order valence-electron chi connectivity index (χ2n) is 8.15. The molecule has 0 unspecified atom stereocenters. The van der Waals surface area contributed by atoms with Crippen LogP contribution in [0, 0.1) is 0 Å². The molecule has 0 heterocycles. The fraction of sp³-hybridized carbons (Fsp3) is 0.684. The Morgan fingerprint density at radius 1 is 0.917 bits per heavy atom. The predicted molar refractivity (Wildman–Crippen MR) is 109 cm³/mol. The van der Waals surface area contributed by atoms with Crippen LogP contribution in [0.5, 0.6) is 0 Å². The largest absolute Gasteiger partial charge is 0.394 e. The molecule has 0 saturated carbocycles. The molecule has 0 aromatic heterocycles. The van der Waals surface area contributed by atoms with Gasteiger partial charge >= 0.3 is 8.56 Å². The van der Waals surface area contributed by atoms with Crippen LogP contribution in [0.3, 0.4) is 0 Å². The van der Waals surface area contributed by atoms with Crippen molar-refractivity contribution in [2.24, 2.45) is 0 Å². The average Bonchev–Trinajstić information content (AvgIpc) is 2.47. The first kappa shape index (κ1) is 21.6. The van der Waals surface area contributed by atoms with Crippen molar-refractivity contribution in [3.8, 4) is 0 Å². The Kier molecular flexibility index (Phi) is 7.88.